The highest BCUT2D eigenvalue weighted by molar-refractivity contribution is 5.99. The molecule has 4 N–H and O–H groups in total. The predicted molar refractivity (Wildman–Crippen MR) is 85.0 cm³/mol. The molecule has 6 nitrogen and oxygen atoms in total. The second kappa shape index (κ2) is 7.37. The van der Waals surface area contributed by atoms with Crippen LogP contribution in [0.15, 0.2) is 54.5 Å². The summed E-state index contributed by atoms with van der Waals surface area (Å²) >= 11 is 0. The maximum atomic E-state index is 14.0. The minimum Gasteiger partial charge on any atom is -0.461 e. The Balaban J connectivity index is 2.57. The van der Waals surface area contributed by atoms with E-state index in [-0.39, 0.29) is 23.7 Å². The Kier molecular flexibility index (Phi) is 5.27. The number of ether oxygens (including phenoxy) is 1. The highest BCUT2D eigenvalue weighted by atomic mass is 19.1. The number of hydrazine groups is 1. The van der Waals surface area contributed by atoms with E-state index in [1.54, 1.807) is 25.1 Å². The number of hydrogen-bond acceptors (Lipinski definition) is 6. The number of anilines is 1. The van der Waals surface area contributed by atoms with Gasteiger partial charge in [-0.3, -0.25) is 9.99 Å². The minimum atomic E-state index is -0.730. The van der Waals surface area contributed by atoms with Crippen molar-refractivity contribution in [1.29, 1.82) is 0 Å². The number of para-hydroxylation sites is 1. The normalized spacial score (nSPS) is 11.6. The van der Waals surface area contributed by atoms with Crippen molar-refractivity contribution in [3.05, 3.63) is 65.9 Å². The van der Waals surface area contributed by atoms with Gasteiger partial charge in [-0.15, -0.1) is 0 Å². The van der Waals surface area contributed by atoms with Crippen molar-refractivity contribution in [3.63, 3.8) is 0 Å². The molecule has 1 aromatic heterocycles. The number of esters is 1. The van der Waals surface area contributed by atoms with E-state index in [0.717, 1.165) is 5.01 Å². The van der Waals surface area contributed by atoms with E-state index in [2.05, 4.69) is 4.98 Å². The van der Waals surface area contributed by atoms with Crippen molar-refractivity contribution in [2.45, 2.75) is 6.92 Å². The molecule has 1 aromatic carbocycles. The minimum absolute atomic E-state index is 0.0755. The van der Waals surface area contributed by atoms with Gasteiger partial charge in [-0.1, -0.05) is 12.1 Å². The largest absolute Gasteiger partial charge is 0.461 e. The molecular formula is C16H17FN4O2. The number of pyridine rings is 1. The average molecular weight is 316 g/mol. The number of rotatable bonds is 5. The summed E-state index contributed by atoms with van der Waals surface area (Å²) in [5.41, 5.74) is 6.41. The number of aromatic nitrogens is 1. The van der Waals surface area contributed by atoms with Gasteiger partial charge >= 0.3 is 5.97 Å². The maximum Gasteiger partial charge on any atom is 0.356 e. The van der Waals surface area contributed by atoms with Crippen LogP contribution >= 0.6 is 0 Å². The standard InChI is InChI=1S/C16H17FN4O2/c1-2-23-16(22)14(18)15(11-7-9-20-10-8-11)21(19)13-6-4-3-5-12(13)17/h3-10H,2,18-19H2,1H3/b15-14-. The fraction of sp³-hybridized carbons (Fsp3) is 0.125. The highest BCUT2D eigenvalue weighted by Gasteiger charge is 2.21. The lowest BCUT2D eigenvalue weighted by Crippen LogP contribution is -2.34. The van der Waals surface area contributed by atoms with Gasteiger partial charge in [0.05, 0.1) is 18.0 Å². The predicted octanol–water partition coefficient (Wildman–Crippen LogP) is 1.79. The number of hydrogen-bond donors (Lipinski definition) is 2. The topological polar surface area (TPSA) is 94.5 Å². The molecule has 1 heterocycles. The molecule has 7 heteroatoms. The molecule has 0 aliphatic rings. The zero-order valence-electron chi connectivity index (χ0n) is 12.6. The first-order valence-corrected chi connectivity index (χ1v) is 6.92. The molecule has 23 heavy (non-hydrogen) atoms. The molecule has 0 spiro atoms. The second-order valence-corrected chi connectivity index (χ2v) is 4.54. The van der Waals surface area contributed by atoms with Gasteiger partial charge in [0.1, 0.15) is 11.5 Å². The lowest BCUT2D eigenvalue weighted by Gasteiger charge is -2.24. The SMILES string of the molecule is CCOC(=O)/C(N)=C(\c1ccncc1)N(N)c1ccccc1F. The van der Waals surface area contributed by atoms with E-state index in [4.69, 9.17) is 16.3 Å². The smallest absolute Gasteiger partial charge is 0.356 e. The Morgan fingerprint density at radius 2 is 1.91 bits per heavy atom. The lowest BCUT2D eigenvalue weighted by atomic mass is 10.1. The number of nitrogens with two attached hydrogens (primary N) is 2. The summed E-state index contributed by atoms with van der Waals surface area (Å²) < 4.78 is 18.9. The van der Waals surface area contributed by atoms with Crippen molar-refractivity contribution >= 4 is 17.4 Å². The number of benzene rings is 1. The molecule has 0 saturated carbocycles. The highest BCUT2D eigenvalue weighted by Crippen LogP contribution is 2.26. The van der Waals surface area contributed by atoms with Crippen LogP contribution in [0.3, 0.4) is 0 Å². The van der Waals surface area contributed by atoms with Crippen LogP contribution in [0.4, 0.5) is 10.1 Å². The Morgan fingerprint density at radius 1 is 1.26 bits per heavy atom. The first-order valence-electron chi connectivity index (χ1n) is 6.92. The zero-order chi connectivity index (χ0) is 16.8. The van der Waals surface area contributed by atoms with Gasteiger partial charge < -0.3 is 10.5 Å². The van der Waals surface area contributed by atoms with Crippen molar-refractivity contribution in [3.8, 4) is 0 Å². The lowest BCUT2D eigenvalue weighted by molar-refractivity contribution is -0.138. The van der Waals surface area contributed by atoms with Crippen LogP contribution < -0.4 is 16.6 Å². The number of carbonyl (C=O) groups excluding carboxylic acids is 1. The van der Waals surface area contributed by atoms with E-state index in [9.17, 15) is 9.18 Å². The maximum absolute atomic E-state index is 14.0. The molecule has 0 atom stereocenters. The summed E-state index contributed by atoms with van der Waals surface area (Å²) in [5.74, 6) is 4.76. The number of nitrogens with zero attached hydrogens (tertiary/aromatic N) is 2. The number of carbonyl (C=O) groups is 1. The quantitative estimate of drug-likeness (QED) is 0.378. The third-order valence-electron chi connectivity index (χ3n) is 3.06. The summed E-state index contributed by atoms with van der Waals surface area (Å²) in [6, 6.07) is 9.14. The van der Waals surface area contributed by atoms with Crippen LogP contribution in [0.25, 0.3) is 5.70 Å². The molecule has 0 fully saturated rings. The van der Waals surface area contributed by atoms with Gasteiger partial charge in [0, 0.05) is 18.0 Å². The van der Waals surface area contributed by atoms with Gasteiger partial charge in [-0.25, -0.2) is 15.0 Å². The van der Waals surface area contributed by atoms with Gasteiger partial charge in [0.25, 0.3) is 0 Å². The van der Waals surface area contributed by atoms with Crippen LogP contribution in [0.2, 0.25) is 0 Å². The third-order valence-corrected chi connectivity index (χ3v) is 3.06. The van der Waals surface area contributed by atoms with Crippen LogP contribution in [0.5, 0.6) is 0 Å². The Morgan fingerprint density at radius 3 is 2.52 bits per heavy atom. The molecular weight excluding hydrogens is 299 g/mol. The first-order chi connectivity index (χ1) is 11.1. The molecule has 0 aliphatic carbocycles. The molecule has 0 unspecified atom stereocenters. The van der Waals surface area contributed by atoms with Gasteiger partial charge in [0.15, 0.2) is 0 Å². The molecule has 120 valence electrons. The van der Waals surface area contributed by atoms with E-state index in [1.165, 1.54) is 30.6 Å². The number of halogens is 1. The van der Waals surface area contributed by atoms with Crippen molar-refractivity contribution in [2.75, 3.05) is 11.6 Å². The monoisotopic (exact) mass is 316 g/mol. The fourth-order valence-corrected chi connectivity index (χ4v) is 2.01. The molecule has 2 aromatic rings. The van der Waals surface area contributed by atoms with Crippen molar-refractivity contribution in [1.82, 2.24) is 4.98 Å². The molecule has 0 aliphatic heterocycles. The van der Waals surface area contributed by atoms with Gasteiger partial charge in [-0.2, -0.15) is 0 Å². The van der Waals surface area contributed by atoms with Gasteiger partial charge in [0.2, 0.25) is 0 Å². The molecule has 0 radical (unpaired) electrons. The Hall–Kier alpha value is -2.93. The molecule has 0 amide bonds. The molecule has 2 rings (SSSR count). The van der Waals surface area contributed by atoms with Crippen LogP contribution in [0.1, 0.15) is 12.5 Å². The van der Waals surface area contributed by atoms with Crippen molar-refractivity contribution < 1.29 is 13.9 Å². The molecule has 0 bridgehead atoms. The van der Waals surface area contributed by atoms with Crippen molar-refractivity contribution in [2.24, 2.45) is 11.6 Å². The summed E-state index contributed by atoms with van der Waals surface area (Å²) in [4.78, 5) is 15.9. The summed E-state index contributed by atoms with van der Waals surface area (Å²) in [7, 11) is 0. The van der Waals surface area contributed by atoms with Crippen LogP contribution in [0, 0.1) is 5.82 Å². The molecule has 0 saturated heterocycles. The van der Waals surface area contributed by atoms with E-state index in [1.807, 2.05) is 0 Å². The van der Waals surface area contributed by atoms with Crippen LogP contribution in [-0.2, 0) is 9.53 Å². The summed E-state index contributed by atoms with van der Waals surface area (Å²) in [5, 5.41) is 1.02. The first kappa shape index (κ1) is 16.4. The second-order valence-electron chi connectivity index (χ2n) is 4.54. The Bertz CT molecular complexity index is 719. The van der Waals surface area contributed by atoms with E-state index >= 15 is 0 Å². The third kappa shape index (κ3) is 3.64. The van der Waals surface area contributed by atoms with E-state index < -0.39 is 11.8 Å². The van der Waals surface area contributed by atoms with Gasteiger partial charge in [-0.05, 0) is 31.2 Å². The average Bonchev–Trinajstić information content (AvgIpc) is 2.56. The fourth-order valence-electron chi connectivity index (χ4n) is 2.01. The van der Waals surface area contributed by atoms with Crippen LogP contribution in [-0.4, -0.2) is 17.6 Å². The summed E-state index contributed by atoms with van der Waals surface area (Å²) in [6.45, 7) is 1.82. The Labute approximate surface area is 133 Å². The van der Waals surface area contributed by atoms with E-state index in [0.29, 0.717) is 5.56 Å². The zero-order valence-corrected chi connectivity index (χ0v) is 12.6. The summed E-state index contributed by atoms with van der Waals surface area (Å²) in [6.07, 6.45) is 3.03.